The first-order chi connectivity index (χ1) is 29.7. The van der Waals surface area contributed by atoms with E-state index in [0.717, 1.165) is 25.7 Å². The van der Waals surface area contributed by atoms with E-state index in [1.165, 1.54) is 257 Å². The topological polar surface area (TPSA) is 52.6 Å². The van der Waals surface area contributed by atoms with E-state index in [2.05, 4.69) is 13.8 Å². The maximum Gasteiger partial charge on any atom is 0.338 e. The first-order valence-electron chi connectivity index (χ1n) is 27.1. The van der Waals surface area contributed by atoms with Crippen LogP contribution in [0.15, 0.2) is 24.3 Å². The standard InChI is InChI=1S/C56H102O4/c1-3-5-7-9-11-13-15-17-19-21-23-25-27-29-31-33-35-37-39-41-43-45-51-59-55(57)53-47-49-54(50-48-53)56(58)60-52-46-44-42-40-38-36-34-32-30-28-26-24-22-20-18-16-14-12-10-8-6-4-2/h47-50H,3-46,51-52H2,1-2H3. The minimum atomic E-state index is -0.312. The van der Waals surface area contributed by atoms with Crippen molar-refractivity contribution in [2.24, 2.45) is 0 Å². The lowest BCUT2D eigenvalue weighted by atomic mass is 10.0. The molecule has 0 bridgehead atoms. The molecule has 4 nitrogen and oxygen atoms in total. The van der Waals surface area contributed by atoms with Gasteiger partial charge in [0, 0.05) is 0 Å². The van der Waals surface area contributed by atoms with Crippen molar-refractivity contribution >= 4 is 11.9 Å². The van der Waals surface area contributed by atoms with Crippen molar-refractivity contribution in [2.45, 2.75) is 296 Å². The quantitative estimate of drug-likeness (QED) is 0.0485. The van der Waals surface area contributed by atoms with Crippen molar-refractivity contribution in [1.82, 2.24) is 0 Å². The van der Waals surface area contributed by atoms with Crippen LogP contribution < -0.4 is 0 Å². The van der Waals surface area contributed by atoms with Crippen LogP contribution in [-0.2, 0) is 9.47 Å². The van der Waals surface area contributed by atoms with Gasteiger partial charge >= 0.3 is 11.9 Å². The molecule has 0 aliphatic heterocycles. The summed E-state index contributed by atoms with van der Waals surface area (Å²) in [6, 6.07) is 6.71. The fourth-order valence-corrected chi connectivity index (χ4v) is 8.66. The van der Waals surface area contributed by atoms with E-state index in [1.807, 2.05) is 0 Å². The lowest BCUT2D eigenvalue weighted by molar-refractivity contribution is 0.0483. The van der Waals surface area contributed by atoms with Crippen molar-refractivity contribution in [3.63, 3.8) is 0 Å². The molecule has 0 atom stereocenters. The van der Waals surface area contributed by atoms with Crippen LogP contribution in [-0.4, -0.2) is 25.2 Å². The maximum absolute atomic E-state index is 12.5. The minimum Gasteiger partial charge on any atom is -0.462 e. The molecule has 1 rings (SSSR count). The summed E-state index contributed by atoms with van der Waals surface area (Å²) in [6.45, 7) is 5.51. The van der Waals surface area contributed by atoms with Crippen molar-refractivity contribution in [3.05, 3.63) is 35.4 Å². The molecular weight excluding hydrogens is 737 g/mol. The molecule has 1 aromatic rings. The summed E-state index contributed by atoms with van der Waals surface area (Å²) in [5.74, 6) is -0.624. The zero-order valence-corrected chi connectivity index (χ0v) is 40.5. The van der Waals surface area contributed by atoms with Gasteiger partial charge in [-0.25, -0.2) is 9.59 Å². The average molecular weight is 839 g/mol. The monoisotopic (exact) mass is 839 g/mol. The highest BCUT2D eigenvalue weighted by atomic mass is 16.5. The maximum atomic E-state index is 12.5. The molecule has 0 heterocycles. The van der Waals surface area contributed by atoms with Gasteiger partial charge in [-0.05, 0) is 37.1 Å². The predicted octanol–water partition coefficient (Wildman–Crippen LogP) is 19.2. The van der Waals surface area contributed by atoms with Crippen molar-refractivity contribution in [3.8, 4) is 0 Å². The highest BCUT2D eigenvalue weighted by Crippen LogP contribution is 2.18. The molecule has 0 aliphatic carbocycles. The molecule has 0 N–H and O–H groups in total. The van der Waals surface area contributed by atoms with Gasteiger partial charge in [0.25, 0.3) is 0 Å². The Kier molecular flexibility index (Phi) is 43.7. The molecule has 0 spiro atoms. The van der Waals surface area contributed by atoms with E-state index in [9.17, 15) is 9.59 Å². The largest absolute Gasteiger partial charge is 0.462 e. The van der Waals surface area contributed by atoms with Crippen molar-refractivity contribution < 1.29 is 19.1 Å². The summed E-state index contributed by atoms with van der Waals surface area (Å²) in [4.78, 5) is 25.0. The first kappa shape index (κ1) is 56.2. The van der Waals surface area contributed by atoms with E-state index in [4.69, 9.17) is 9.47 Å². The van der Waals surface area contributed by atoms with Crippen LogP contribution in [0.3, 0.4) is 0 Å². The Hall–Kier alpha value is -1.84. The van der Waals surface area contributed by atoms with Crippen LogP contribution in [0.1, 0.15) is 317 Å². The highest BCUT2D eigenvalue weighted by molar-refractivity contribution is 5.93. The predicted molar refractivity (Wildman–Crippen MR) is 262 cm³/mol. The third kappa shape index (κ3) is 39.0. The van der Waals surface area contributed by atoms with Crippen LogP contribution in [0.5, 0.6) is 0 Å². The number of benzene rings is 1. The number of hydrogen-bond acceptors (Lipinski definition) is 4. The Morgan fingerprint density at radius 2 is 0.417 bits per heavy atom. The van der Waals surface area contributed by atoms with Gasteiger partial charge in [-0.1, -0.05) is 284 Å². The number of rotatable bonds is 48. The molecule has 0 aliphatic rings. The third-order valence-corrected chi connectivity index (χ3v) is 12.8. The lowest BCUT2D eigenvalue weighted by Gasteiger charge is -2.07. The minimum absolute atomic E-state index is 0.312. The number of unbranched alkanes of at least 4 members (excludes halogenated alkanes) is 42. The number of ether oxygens (including phenoxy) is 2. The second-order valence-corrected chi connectivity index (χ2v) is 18.7. The molecule has 0 radical (unpaired) electrons. The van der Waals surface area contributed by atoms with E-state index in [0.29, 0.717) is 24.3 Å². The van der Waals surface area contributed by atoms with Crippen LogP contribution in [0.25, 0.3) is 0 Å². The van der Waals surface area contributed by atoms with Gasteiger partial charge in [0.1, 0.15) is 0 Å². The van der Waals surface area contributed by atoms with Crippen molar-refractivity contribution in [2.75, 3.05) is 13.2 Å². The Morgan fingerprint density at radius 3 is 0.583 bits per heavy atom. The second-order valence-electron chi connectivity index (χ2n) is 18.7. The summed E-state index contributed by atoms with van der Waals surface area (Å²) in [7, 11) is 0. The Labute approximate surface area is 374 Å². The lowest BCUT2D eigenvalue weighted by Crippen LogP contribution is -2.09. The van der Waals surface area contributed by atoms with Gasteiger partial charge in [0.15, 0.2) is 0 Å². The summed E-state index contributed by atoms with van der Waals surface area (Å²) in [5, 5.41) is 0. The number of carbonyl (C=O) groups excluding carboxylic acids is 2. The molecule has 0 aromatic heterocycles. The summed E-state index contributed by atoms with van der Waals surface area (Å²) in [6.07, 6.45) is 60.1. The molecule has 350 valence electrons. The molecule has 0 unspecified atom stereocenters. The summed E-state index contributed by atoms with van der Waals surface area (Å²) in [5.41, 5.74) is 0.981. The number of esters is 2. The first-order valence-corrected chi connectivity index (χ1v) is 27.1. The number of carbonyl (C=O) groups is 2. The van der Waals surface area contributed by atoms with E-state index >= 15 is 0 Å². The third-order valence-electron chi connectivity index (χ3n) is 12.8. The van der Waals surface area contributed by atoms with E-state index in [-0.39, 0.29) is 11.9 Å². The van der Waals surface area contributed by atoms with Crippen LogP contribution in [0.4, 0.5) is 0 Å². The normalized spacial score (nSPS) is 11.4. The second kappa shape index (κ2) is 46.7. The average Bonchev–Trinajstić information content (AvgIpc) is 3.26. The smallest absolute Gasteiger partial charge is 0.338 e. The van der Waals surface area contributed by atoms with Crippen LogP contribution >= 0.6 is 0 Å². The Morgan fingerprint density at radius 1 is 0.267 bits per heavy atom. The molecule has 60 heavy (non-hydrogen) atoms. The molecule has 1 aromatic carbocycles. The van der Waals surface area contributed by atoms with E-state index in [1.54, 1.807) is 24.3 Å². The van der Waals surface area contributed by atoms with Crippen LogP contribution in [0.2, 0.25) is 0 Å². The fraction of sp³-hybridized carbons (Fsp3) is 0.857. The van der Waals surface area contributed by atoms with Gasteiger partial charge in [-0.3, -0.25) is 0 Å². The summed E-state index contributed by atoms with van der Waals surface area (Å²) >= 11 is 0. The SMILES string of the molecule is CCCCCCCCCCCCCCCCCCCCCCCCOC(=O)c1ccc(C(=O)OCCCCCCCCCCCCCCCCCCCCCCCC)cc1. The van der Waals surface area contributed by atoms with Gasteiger partial charge in [-0.2, -0.15) is 0 Å². The van der Waals surface area contributed by atoms with Crippen molar-refractivity contribution in [1.29, 1.82) is 0 Å². The Bertz CT molecular complexity index is 938. The zero-order valence-electron chi connectivity index (χ0n) is 40.5. The summed E-state index contributed by atoms with van der Waals surface area (Å²) < 4.78 is 11.0. The molecule has 0 saturated carbocycles. The van der Waals surface area contributed by atoms with Crippen LogP contribution in [0, 0.1) is 0 Å². The van der Waals surface area contributed by atoms with E-state index < -0.39 is 0 Å². The van der Waals surface area contributed by atoms with Gasteiger partial charge in [-0.15, -0.1) is 0 Å². The molecule has 0 amide bonds. The van der Waals surface area contributed by atoms with Gasteiger partial charge in [0.2, 0.25) is 0 Å². The molecule has 0 saturated heterocycles. The molecular formula is C56H102O4. The molecule has 0 fully saturated rings. The van der Waals surface area contributed by atoms with Gasteiger partial charge in [0.05, 0.1) is 24.3 Å². The highest BCUT2D eigenvalue weighted by Gasteiger charge is 2.11. The Balaban J connectivity index is 1.83. The zero-order chi connectivity index (χ0) is 43.1. The molecule has 4 heteroatoms. The van der Waals surface area contributed by atoms with Gasteiger partial charge < -0.3 is 9.47 Å². The fourth-order valence-electron chi connectivity index (χ4n) is 8.66. The number of hydrogen-bond donors (Lipinski definition) is 0.